The van der Waals surface area contributed by atoms with E-state index in [0.717, 1.165) is 76.9 Å². The van der Waals surface area contributed by atoms with Crippen molar-refractivity contribution in [1.29, 1.82) is 0 Å². The first-order valence-electron chi connectivity index (χ1n) is 15.2. The molecule has 2 amide bonds. The Hall–Kier alpha value is -3.71. The molecular weight excluding hydrogens is 542 g/mol. The molecule has 0 unspecified atom stereocenters. The van der Waals surface area contributed by atoms with Gasteiger partial charge in [-0.3, -0.25) is 9.59 Å². The Bertz CT molecular complexity index is 1530. The van der Waals surface area contributed by atoms with Crippen LogP contribution in [0.5, 0.6) is 5.75 Å². The van der Waals surface area contributed by atoms with Gasteiger partial charge in [-0.25, -0.2) is 4.98 Å². The lowest BCUT2D eigenvalue weighted by atomic mass is 9.83. The predicted octanol–water partition coefficient (Wildman–Crippen LogP) is 7.50. The molecule has 2 aliphatic rings. The molecule has 2 atom stereocenters. The van der Waals surface area contributed by atoms with Crippen molar-refractivity contribution in [3.63, 3.8) is 0 Å². The van der Waals surface area contributed by atoms with E-state index in [1.54, 1.807) is 18.3 Å². The summed E-state index contributed by atoms with van der Waals surface area (Å²) in [5.41, 5.74) is 3.10. The number of likely N-dealkylation sites (tertiary alicyclic amines) is 1. The van der Waals surface area contributed by atoms with Gasteiger partial charge >= 0.3 is 0 Å². The average molecular weight is 581 g/mol. The summed E-state index contributed by atoms with van der Waals surface area (Å²) >= 11 is 1.62. The third-order valence-corrected chi connectivity index (χ3v) is 9.63. The first-order valence-corrected chi connectivity index (χ1v) is 16.0. The van der Waals surface area contributed by atoms with Crippen molar-refractivity contribution in [3.8, 4) is 17.0 Å². The van der Waals surface area contributed by atoms with E-state index in [1.807, 2.05) is 41.3 Å². The highest BCUT2D eigenvalue weighted by molar-refractivity contribution is 7.10. The van der Waals surface area contributed by atoms with Crippen molar-refractivity contribution in [1.82, 2.24) is 15.2 Å². The van der Waals surface area contributed by atoms with Crippen LogP contribution in [0.1, 0.15) is 68.5 Å². The van der Waals surface area contributed by atoms with Gasteiger partial charge in [-0.1, -0.05) is 80.8 Å². The number of thiazole rings is 1. The molecule has 1 N–H and O–H groups in total. The van der Waals surface area contributed by atoms with Crippen LogP contribution in [-0.4, -0.2) is 34.3 Å². The summed E-state index contributed by atoms with van der Waals surface area (Å²) in [5, 5.41) is 8.26. The maximum atomic E-state index is 14.0. The van der Waals surface area contributed by atoms with Gasteiger partial charge in [-0.15, -0.1) is 11.3 Å². The molecule has 2 fully saturated rings. The first kappa shape index (κ1) is 28.4. The van der Waals surface area contributed by atoms with E-state index in [1.165, 1.54) is 12.8 Å². The number of fused-ring (bicyclic) bond motifs is 1. The van der Waals surface area contributed by atoms with Gasteiger partial charge in [0.15, 0.2) is 0 Å². The Morgan fingerprint density at radius 3 is 2.52 bits per heavy atom. The number of carbonyl (C=O) groups is 2. The maximum Gasteiger partial charge on any atom is 0.246 e. The summed E-state index contributed by atoms with van der Waals surface area (Å²) in [5.74, 6) is 0.912. The van der Waals surface area contributed by atoms with Crippen LogP contribution in [0.15, 0.2) is 72.1 Å². The van der Waals surface area contributed by atoms with Gasteiger partial charge in [0.25, 0.3) is 0 Å². The van der Waals surface area contributed by atoms with Crippen LogP contribution in [0.25, 0.3) is 22.0 Å². The highest BCUT2D eigenvalue weighted by Gasteiger charge is 2.39. The second-order valence-corrected chi connectivity index (χ2v) is 12.3. The molecule has 42 heavy (non-hydrogen) atoms. The molecule has 2 heterocycles. The molecule has 1 aliphatic heterocycles. The largest absolute Gasteiger partial charge is 0.488 e. The molecule has 0 bridgehead atoms. The number of nitrogens with zero attached hydrogens (tertiary/aromatic N) is 2. The van der Waals surface area contributed by atoms with Crippen LogP contribution in [0.3, 0.4) is 0 Å². The lowest BCUT2D eigenvalue weighted by molar-refractivity contribution is -0.138. The monoisotopic (exact) mass is 580 g/mol. The molecule has 1 saturated heterocycles. The number of hydrogen-bond acceptors (Lipinski definition) is 5. The minimum Gasteiger partial charge on any atom is -0.488 e. The third-order valence-electron chi connectivity index (χ3n) is 8.69. The average Bonchev–Trinajstić information content (AvgIpc) is 3.73. The second kappa shape index (κ2) is 13.1. The number of benzene rings is 3. The van der Waals surface area contributed by atoms with E-state index < -0.39 is 6.04 Å². The van der Waals surface area contributed by atoms with Crippen molar-refractivity contribution in [2.75, 3.05) is 6.54 Å². The van der Waals surface area contributed by atoms with Gasteiger partial charge in [-0.2, -0.15) is 0 Å². The molecular formula is C35H38N3O3S. The molecule has 217 valence electrons. The molecule has 6 rings (SSSR count). The molecule has 3 aromatic carbocycles. The molecule has 7 heteroatoms. The van der Waals surface area contributed by atoms with E-state index in [0.29, 0.717) is 13.2 Å². The van der Waals surface area contributed by atoms with Crippen LogP contribution >= 0.6 is 11.3 Å². The zero-order valence-corrected chi connectivity index (χ0v) is 24.9. The highest BCUT2D eigenvalue weighted by atomic mass is 32.1. The predicted molar refractivity (Wildman–Crippen MR) is 168 cm³/mol. The van der Waals surface area contributed by atoms with E-state index in [-0.39, 0.29) is 23.8 Å². The summed E-state index contributed by atoms with van der Waals surface area (Å²) in [7, 11) is 0. The number of hydrogen-bond donors (Lipinski definition) is 1. The summed E-state index contributed by atoms with van der Waals surface area (Å²) in [6, 6.07) is 22.1. The van der Waals surface area contributed by atoms with Crippen LogP contribution in [0, 0.1) is 12.3 Å². The van der Waals surface area contributed by atoms with Gasteiger partial charge < -0.3 is 15.0 Å². The Morgan fingerprint density at radius 2 is 1.74 bits per heavy atom. The normalized spacial score (nSPS) is 18.2. The van der Waals surface area contributed by atoms with Crippen molar-refractivity contribution in [3.05, 3.63) is 89.1 Å². The Kier molecular flexibility index (Phi) is 8.84. The minimum absolute atomic E-state index is 0.0433. The fourth-order valence-electron chi connectivity index (χ4n) is 6.47. The number of carbonyl (C=O) groups excluding carboxylic acids is 2. The van der Waals surface area contributed by atoms with Gasteiger partial charge in [0, 0.05) is 29.3 Å². The topological polar surface area (TPSA) is 71.5 Å². The zero-order chi connectivity index (χ0) is 28.9. The fraction of sp³-hybridized carbons (Fsp3) is 0.371. The summed E-state index contributed by atoms with van der Waals surface area (Å²) in [6.07, 6.45) is 8.74. The Labute approximate surface area is 252 Å². The fourth-order valence-corrected chi connectivity index (χ4v) is 7.44. The highest BCUT2D eigenvalue weighted by Crippen LogP contribution is 2.40. The van der Waals surface area contributed by atoms with Gasteiger partial charge in [0.1, 0.15) is 23.4 Å². The number of ether oxygens (including phenoxy) is 1. The van der Waals surface area contributed by atoms with Crippen molar-refractivity contribution >= 4 is 33.9 Å². The summed E-state index contributed by atoms with van der Waals surface area (Å²) < 4.78 is 6.24. The van der Waals surface area contributed by atoms with E-state index >= 15 is 0 Å². The standard InChI is InChI=1S/C35H38N3O3S/c1-2-32(39)37-33(25-14-7-4-8-15-25)35(40)38-21-11-18-30(38)34-36-29(23-42-34)27-19-20-31(28-17-10-9-16-26(27)28)41-22-24-12-5-3-6-13-24/h2-3,5-6,9-10,12-13,16-17,19-20,23,25,30,33H,4,7-8,11,14-15,18,21-22H2,1H3,(H,37,39)/t30-,33-/m0/s1. The second-order valence-electron chi connectivity index (χ2n) is 11.4. The number of rotatable bonds is 9. The van der Waals surface area contributed by atoms with E-state index in [2.05, 4.69) is 41.0 Å². The number of aromatic nitrogens is 1. The molecule has 4 aromatic rings. The SMILES string of the molecule is C[CH]C(=O)N[C@H](C(=O)N1CCC[C@H]1c1nc(-c2ccc(OCc3ccccc3)c3ccccc23)cs1)C1CCCCC1. The molecule has 1 aromatic heterocycles. The molecule has 1 saturated carbocycles. The van der Waals surface area contributed by atoms with Crippen LogP contribution in [0.2, 0.25) is 0 Å². The minimum atomic E-state index is -0.471. The van der Waals surface area contributed by atoms with E-state index in [4.69, 9.17) is 9.72 Å². The smallest absolute Gasteiger partial charge is 0.246 e. The summed E-state index contributed by atoms with van der Waals surface area (Å²) in [6.45, 7) is 2.93. The van der Waals surface area contributed by atoms with Gasteiger partial charge in [-0.05, 0) is 54.7 Å². The van der Waals surface area contributed by atoms with Crippen molar-refractivity contribution in [2.24, 2.45) is 5.92 Å². The third kappa shape index (κ3) is 6.07. The lowest BCUT2D eigenvalue weighted by Gasteiger charge is -2.34. The van der Waals surface area contributed by atoms with Crippen molar-refractivity contribution in [2.45, 2.75) is 70.6 Å². The number of amides is 2. The van der Waals surface area contributed by atoms with Crippen LogP contribution in [-0.2, 0) is 16.2 Å². The molecule has 0 spiro atoms. The van der Waals surface area contributed by atoms with E-state index in [9.17, 15) is 9.59 Å². The quantitative estimate of drug-likeness (QED) is 0.223. The van der Waals surface area contributed by atoms with Crippen LogP contribution in [0.4, 0.5) is 0 Å². The van der Waals surface area contributed by atoms with Gasteiger partial charge in [0.2, 0.25) is 11.8 Å². The molecule has 6 nitrogen and oxygen atoms in total. The van der Waals surface area contributed by atoms with Gasteiger partial charge in [0.05, 0.1) is 11.7 Å². The maximum absolute atomic E-state index is 14.0. The van der Waals surface area contributed by atoms with Crippen LogP contribution < -0.4 is 10.1 Å². The Morgan fingerprint density at radius 1 is 0.976 bits per heavy atom. The lowest BCUT2D eigenvalue weighted by Crippen LogP contribution is -2.52. The first-order chi connectivity index (χ1) is 20.6. The molecule has 1 aliphatic carbocycles. The molecule has 1 radical (unpaired) electrons. The zero-order valence-electron chi connectivity index (χ0n) is 24.1. The Balaban J connectivity index is 1.24. The summed E-state index contributed by atoms with van der Waals surface area (Å²) in [4.78, 5) is 33.5. The van der Waals surface area contributed by atoms with Crippen molar-refractivity contribution < 1.29 is 14.3 Å². The number of nitrogens with one attached hydrogen (secondary N) is 1.